The van der Waals surface area contributed by atoms with Crippen molar-refractivity contribution in [3.63, 3.8) is 0 Å². The minimum absolute atomic E-state index is 0.149. The second kappa shape index (κ2) is 6.74. The van der Waals surface area contributed by atoms with Gasteiger partial charge < -0.3 is 15.5 Å². The number of nitrogens with one attached hydrogen (secondary N) is 2. The van der Waals surface area contributed by atoms with Crippen LogP contribution in [0.5, 0.6) is 0 Å². The largest absolute Gasteiger partial charge is 0.373 e. The van der Waals surface area contributed by atoms with E-state index in [0.29, 0.717) is 5.82 Å². The molecule has 0 radical (unpaired) electrons. The monoisotopic (exact) mass is 291 g/mol. The minimum Gasteiger partial charge on any atom is -0.373 e. The molecule has 6 heteroatoms. The Hall–Kier alpha value is -1.85. The lowest BCUT2D eigenvalue weighted by molar-refractivity contribution is -0.132. The highest BCUT2D eigenvalue weighted by Gasteiger charge is 2.23. The molecule has 1 fully saturated rings. The van der Waals surface area contributed by atoms with Crippen LogP contribution < -0.4 is 10.6 Å². The molecule has 2 rings (SSSR count). The molecule has 1 saturated heterocycles. The minimum atomic E-state index is -0.277. The SMILES string of the molecule is CNc1nc(C)nc(NC(C)C(=O)N2CCCCC2)c1C. The summed E-state index contributed by atoms with van der Waals surface area (Å²) in [6.07, 6.45) is 3.43. The number of hydrogen-bond acceptors (Lipinski definition) is 5. The Kier molecular flexibility index (Phi) is 4.98. The van der Waals surface area contributed by atoms with Crippen LogP contribution in [0.25, 0.3) is 0 Å². The summed E-state index contributed by atoms with van der Waals surface area (Å²) in [4.78, 5) is 23.2. The first-order chi connectivity index (χ1) is 10.0. The van der Waals surface area contributed by atoms with Gasteiger partial charge >= 0.3 is 0 Å². The molecule has 1 amide bonds. The smallest absolute Gasteiger partial charge is 0.244 e. The number of anilines is 2. The Morgan fingerprint density at radius 2 is 1.76 bits per heavy atom. The molecular weight excluding hydrogens is 266 g/mol. The summed E-state index contributed by atoms with van der Waals surface area (Å²) >= 11 is 0. The van der Waals surface area contributed by atoms with Gasteiger partial charge in [0.05, 0.1) is 0 Å². The number of nitrogens with zero attached hydrogens (tertiary/aromatic N) is 3. The van der Waals surface area contributed by atoms with Gasteiger partial charge in [-0.1, -0.05) is 0 Å². The third-order valence-electron chi connectivity index (χ3n) is 3.89. The van der Waals surface area contributed by atoms with E-state index in [1.807, 2.05) is 32.7 Å². The molecule has 1 atom stereocenters. The van der Waals surface area contributed by atoms with E-state index in [2.05, 4.69) is 20.6 Å². The van der Waals surface area contributed by atoms with Gasteiger partial charge in [0.1, 0.15) is 23.5 Å². The van der Waals surface area contributed by atoms with E-state index in [0.717, 1.165) is 43.1 Å². The molecule has 21 heavy (non-hydrogen) atoms. The van der Waals surface area contributed by atoms with Gasteiger partial charge in [-0.3, -0.25) is 4.79 Å². The van der Waals surface area contributed by atoms with Crippen molar-refractivity contribution in [1.29, 1.82) is 0 Å². The predicted octanol–water partition coefficient (Wildman–Crippen LogP) is 1.95. The Labute approximate surface area is 126 Å². The maximum atomic E-state index is 12.5. The van der Waals surface area contributed by atoms with E-state index in [1.165, 1.54) is 6.42 Å². The van der Waals surface area contributed by atoms with Crippen molar-refractivity contribution in [2.75, 3.05) is 30.8 Å². The van der Waals surface area contributed by atoms with Gasteiger partial charge in [-0.05, 0) is 40.0 Å². The van der Waals surface area contributed by atoms with Crippen LogP contribution in [-0.2, 0) is 4.79 Å². The van der Waals surface area contributed by atoms with Crippen LogP contribution in [0.1, 0.15) is 37.6 Å². The summed E-state index contributed by atoms with van der Waals surface area (Å²) in [5.74, 6) is 2.36. The van der Waals surface area contributed by atoms with Gasteiger partial charge in [0.25, 0.3) is 0 Å². The molecule has 1 aliphatic heterocycles. The molecule has 116 valence electrons. The third kappa shape index (κ3) is 3.62. The number of carbonyl (C=O) groups excluding carboxylic acids is 1. The zero-order chi connectivity index (χ0) is 15.4. The average Bonchev–Trinajstić information content (AvgIpc) is 2.50. The number of amides is 1. The molecule has 0 aliphatic carbocycles. The molecule has 1 aromatic heterocycles. The van der Waals surface area contributed by atoms with Gasteiger partial charge in [-0.2, -0.15) is 0 Å². The molecule has 6 nitrogen and oxygen atoms in total. The van der Waals surface area contributed by atoms with Crippen LogP contribution in [0.2, 0.25) is 0 Å². The van der Waals surface area contributed by atoms with Crippen LogP contribution in [0.3, 0.4) is 0 Å². The molecular formula is C15H25N5O. The topological polar surface area (TPSA) is 70.1 Å². The van der Waals surface area contributed by atoms with Gasteiger partial charge in [-0.15, -0.1) is 0 Å². The van der Waals surface area contributed by atoms with Crippen molar-refractivity contribution in [2.24, 2.45) is 0 Å². The molecule has 0 bridgehead atoms. The maximum Gasteiger partial charge on any atom is 0.244 e. The maximum absolute atomic E-state index is 12.5. The highest BCUT2D eigenvalue weighted by molar-refractivity contribution is 5.84. The zero-order valence-electron chi connectivity index (χ0n) is 13.4. The summed E-state index contributed by atoms with van der Waals surface area (Å²) in [5.41, 5.74) is 0.932. The van der Waals surface area contributed by atoms with Gasteiger partial charge in [-0.25, -0.2) is 9.97 Å². The van der Waals surface area contributed by atoms with Crippen molar-refractivity contribution >= 4 is 17.5 Å². The predicted molar refractivity (Wildman–Crippen MR) is 84.6 cm³/mol. The Morgan fingerprint density at radius 1 is 1.14 bits per heavy atom. The van der Waals surface area contributed by atoms with Crippen LogP contribution >= 0.6 is 0 Å². The molecule has 1 aromatic rings. The van der Waals surface area contributed by atoms with Crippen molar-refractivity contribution in [2.45, 2.75) is 46.1 Å². The van der Waals surface area contributed by atoms with Gasteiger partial charge in [0.2, 0.25) is 5.91 Å². The molecule has 0 spiro atoms. The lowest BCUT2D eigenvalue weighted by atomic mass is 10.1. The van der Waals surface area contributed by atoms with E-state index in [-0.39, 0.29) is 11.9 Å². The molecule has 1 aliphatic rings. The van der Waals surface area contributed by atoms with Crippen LogP contribution in [-0.4, -0.2) is 47.0 Å². The van der Waals surface area contributed by atoms with E-state index < -0.39 is 0 Å². The van der Waals surface area contributed by atoms with Crippen molar-refractivity contribution < 1.29 is 4.79 Å². The first-order valence-electron chi connectivity index (χ1n) is 7.61. The van der Waals surface area contributed by atoms with Crippen LogP contribution in [0, 0.1) is 13.8 Å². The Morgan fingerprint density at radius 3 is 2.38 bits per heavy atom. The Balaban J connectivity index is 2.10. The molecule has 0 saturated carbocycles. The number of carbonyl (C=O) groups is 1. The number of rotatable bonds is 4. The first kappa shape index (κ1) is 15.5. The second-order valence-corrected chi connectivity index (χ2v) is 5.60. The fraction of sp³-hybridized carbons (Fsp3) is 0.667. The lowest BCUT2D eigenvalue weighted by Crippen LogP contribution is -2.44. The Bertz CT molecular complexity index is 511. The molecule has 0 aromatic carbocycles. The highest BCUT2D eigenvalue weighted by atomic mass is 16.2. The summed E-state index contributed by atoms with van der Waals surface area (Å²) in [6, 6.07) is -0.277. The normalized spacial score (nSPS) is 16.5. The van der Waals surface area contributed by atoms with Gasteiger partial charge in [0.15, 0.2) is 0 Å². The number of hydrogen-bond donors (Lipinski definition) is 2. The summed E-state index contributed by atoms with van der Waals surface area (Å²) in [6.45, 7) is 7.43. The quantitative estimate of drug-likeness (QED) is 0.887. The van der Waals surface area contributed by atoms with Gasteiger partial charge in [0, 0.05) is 25.7 Å². The van der Waals surface area contributed by atoms with E-state index in [4.69, 9.17) is 0 Å². The fourth-order valence-electron chi connectivity index (χ4n) is 2.67. The molecule has 2 heterocycles. The third-order valence-corrected chi connectivity index (χ3v) is 3.89. The summed E-state index contributed by atoms with van der Waals surface area (Å²) in [5, 5.41) is 6.30. The van der Waals surface area contributed by atoms with Crippen molar-refractivity contribution in [3.8, 4) is 0 Å². The molecule has 1 unspecified atom stereocenters. The number of piperidine rings is 1. The number of likely N-dealkylation sites (tertiary alicyclic amines) is 1. The van der Waals surface area contributed by atoms with E-state index >= 15 is 0 Å². The van der Waals surface area contributed by atoms with Crippen LogP contribution in [0.4, 0.5) is 11.6 Å². The van der Waals surface area contributed by atoms with E-state index in [9.17, 15) is 4.79 Å². The van der Waals surface area contributed by atoms with E-state index in [1.54, 1.807) is 0 Å². The highest BCUT2D eigenvalue weighted by Crippen LogP contribution is 2.20. The lowest BCUT2D eigenvalue weighted by Gasteiger charge is -2.29. The fourth-order valence-corrected chi connectivity index (χ4v) is 2.67. The molecule has 2 N–H and O–H groups in total. The zero-order valence-corrected chi connectivity index (χ0v) is 13.4. The second-order valence-electron chi connectivity index (χ2n) is 5.60. The number of aromatic nitrogens is 2. The van der Waals surface area contributed by atoms with Crippen LogP contribution in [0.15, 0.2) is 0 Å². The van der Waals surface area contributed by atoms with Crippen molar-refractivity contribution in [3.05, 3.63) is 11.4 Å². The number of aryl methyl sites for hydroxylation is 1. The summed E-state index contributed by atoms with van der Waals surface area (Å²) in [7, 11) is 1.83. The van der Waals surface area contributed by atoms with Crippen molar-refractivity contribution in [1.82, 2.24) is 14.9 Å². The summed E-state index contributed by atoms with van der Waals surface area (Å²) < 4.78 is 0. The standard InChI is InChI=1S/C15H25N5O/c1-10-13(16-4)18-12(3)19-14(10)17-11(2)15(21)20-8-6-5-7-9-20/h11H,5-9H2,1-4H3,(H2,16,17,18,19). The average molecular weight is 291 g/mol. The first-order valence-corrected chi connectivity index (χ1v) is 7.61.